The minimum absolute atomic E-state index is 0.766. The highest BCUT2D eigenvalue weighted by Crippen LogP contribution is 2.23. The van der Waals surface area contributed by atoms with Crippen LogP contribution < -0.4 is 5.73 Å². The lowest BCUT2D eigenvalue weighted by atomic mass is 10.2. The summed E-state index contributed by atoms with van der Waals surface area (Å²) < 4.78 is 2.27. The van der Waals surface area contributed by atoms with E-state index in [1.165, 1.54) is 16.6 Å². The highest BCUT2D eigenvalue weighted by atomic mass is 32.1. The third-order valence-electron chi connectivity index (χ3n) is 2.49. The Morgan fingerprint density at radius 1 is 1.36 bits per heavy atom. The predicted molar refractivity (Wildman–Crippen MR) is 64.7 cm³/mol. The summed E-state index contributed by atoms with van der Waals surface area (Å²) in [5.74, 6) is 0.766. The van der Waals surface area contributed by atoms with E-state index in [-0.39, 0.29) is 0 Å². The topological polar surface area (TPSA) is 30.9 Å². The Morgan fingerprint density at radius 3 is 2.79 bits per heavy atom. The van der Waals surface area contributed by atoms with Gasteiger partial charge in [0.15, 0.2) is 0 Å². The SMILES string of the molecule is CCn1c(CS)cc2cc(N)ccc21. The smallest absolute Gasteiger partial charge is 0.0484 e. The summed E-state index contributed by atoms with van der Waals surface area (Å²) in [5.41, 5.74) is 9.04. The zero-order valence-corrected chi connectivity index (χ0v) is 9.09. The van der Waals surface area contributed by atoms with Crippen LogP contribution in [0.3, 0.4) is 0 Å². The zero-order valence-electron chi connectivity index (χ0n) is 8.20. The number of hydrogen-bond acceptors (Lipinski definition) is 2. The van der Waals surface area contributed by atoms with Crippen LogP contribution in [0.15, 0.2) is 24.3 Å². The maximum absolute atomic E-state index is 5.74. The normalized spacial score (nSPS) is 11.0. The zero-order chi connectivity index (χ0) is 10.1. The summed E-state index contributed by atoms with van der Waals surface area (Å²) in [6, 6.07) is 8.18. The molecule has 0 radical (unpaired) electrons. The molecule has 0 bridgehead atoms. The summed E-state index contributed by atoms with van der Waals surface area (Å²) in [4.78, 5) is 0. The monoisotopic (exact) mass is 206 g/mol. The van der Waals surface area contributed by atoms with Crippen molar-refractivity contribution in [1.29, 1.82) is 0 Å². The summed E-state index contributed by atoms with van der Waals surface area (Å²) in [7, 11) is 0. The lowest BCUT2D eigenvalue weighted by Gasteiger charge is -2.05. The van der Waals surface area contributed by atoms with Gasteiger partial charge in [-0.05, 0) is 31.2 Å². The summed E-state index contributed by atoms with van der Waals surface area (Å²) >= 11 is 4.32. The molecule has 1 heterocycles. The first-order valence-corrected chi connectivity index (χ1v) is 5.38. The maximum Gasteiger partial charge on any atom is 0.0484 e. The van der Waals surface area contributed by atoms with Gasteiger partial charge in [0.2, 0.25) is 0 Å². The van der Waals surface area contributed by atoms with Crippen LogP contribution in [-0.4, -0.2) is 4.57 Å². The Bertz CT molecular complexity index is 460. The molecule has 14 heavy (non-hydrogen) atoms. The maximum atomic E-state index is 5.74. The van der Waals surface area contributed by atoms with Gasteiger partial charge >= 0.3 is 0 Å². The molecule has 1 aromatic carbocycles. The van der Waals surface area contributed by atoms with Gasteiger partial charge in [-0.1, -0.05) is 0 Å². The molecule has 74 valence electrons. The van der Waals surface area contributed by atoms with Crippen molar-refractivity contribution >= 4 is 29.2 Å². The van der Waals surface area contributed by atoms with Gasteiger partial charge in [-0.25, -0.2) is 0 Å². The molecule has 0 unspecified atom stereocenters. The summed E-state index contributed by atoms with van der Waals surface area (Å²) in [6.45, 7) is 3.12. The molecular formula is C11H14N2S. The van der Waals surface area contributed by atoms with Crippen LogP contribution in [0.5, 0.6) is 0 Å². The number of hydrogen-bond donors (Lipinski definition) is 2. The Labute approximate surface area is 89.1 Å². The number of thiol groups is 1. The van der Waals surface area contributed by atoms with Crippen molar-refractivity contribution in [2.45, 2.75) is 19.2 Å². The quantitative estimate of drug-likeness (QED) is 0.574. The summed E-state index contributed by atoms with van der Waals surface area (Å²) in [6.07, 6.45) is 0. The minimum Gasteiger partial charge on any atom is -0.399 e. The molecule has 2 N–H and O–H groups in total. The molecule has 2 aromatic rings. The van der Waals surface area contributed by atoms with E-state index >= 15 is 0 Å². The molecule has 0 saturated heterocycles. The molecule has 0 aliphatic carbocycles. The third-order valence-corrected chi connectivity index (χ3v) is 2.81. The van der Waals surface area contributed by atoms with Gasteiger partial charge in [0.1, 0.15) is 0 Å². The number of aryl methyl sites for hydroxylation is 1. The number of benzene rings is 1. The number of nitrogens with zero attached hydrogens (tertiary/aromatic N) is 1. The fourth-order valence-electron chi connectivity index (χ4n) is 1.85. The van der Waals surface area contributed by atoms with E-state index in [0.29, 0.717) is 0 Å². The van der Waals surface area contributed by atoms with Gasteiger partial charge in [-0.15, -0.1) is 0 Å². The first kappa shape index (κ1) is 9.46. The summed E-state index contributed by atoms with van der Waals surface area (Å²) in [5, 5.41) is 1.20. The van der Waals surface area contributed by atoms with Gasteiger partial charge < -0.3 is 10.3 Å². The van der Waals surface area contributed by atoms with Crippen molar-refractivity contribution in [3.63, 3.8) is 0 Å². The Hall–Kier alpha value is -1.09. The molecule has 0 atom stereocenters. The van der Waals surface area contributed by atoms with E-state index < -0.39 is 0 Å². The highest BCUT2D eigenvalue weighted by molar-refractivity contribution is 7.79. The Balaban J connectivity index is 2.73. The van der Waals surface area contributed by atoms with Gasteiger partial charge in [-0.2, -0.15) is 12.6 Å². The number of fused-ring (bicyclic) bond motifs is 1. The van der Waals surface area contributed by atoms with Crippen LogP contribution in [0, 0.1) is 0 Å². The second kappa shape index (κ2) is 3.58. The van der Waals surface area contributed by atoms with Crippen molar-refractivity contribution < 1.29 is 0 Å². The van der Waals surface area contributed by atoms with Gasteiger partial charge in [-0.3, -0.25) is 0 Å². The molecule has 0 fully saturated rings. The largest absolute Gasteiger partial charge is 0.399 e. The van der Waals surface area contributed by atoms with E-state index in [1.807, 2.05) is 12.1 Å². The van der Waals surface area contributed by atoms with Crippen molar-refractivity contribution in [3.05, 3.63) is 30.0 Å². The van der Waals surface area contributed by atoms with Crippen LogP contribution >= 0.6 is 12.6 Å². The average Bonchev–Trinajstić information content (AvgIpc) is 2.54. The molecule has 2 rings (SSSR count). The van der Waals surface area contributed by atoms with Crippen LogP contribution in [0.4, 0.5) is 5.69 Å². The minimum atomic E-state index is 0.766. The van der Waals surface area contributed by atoms with Crippen LogP contribution in [0.1, 0.15) is 12.6 Å². The lowest BCUT2D eigenvalue weighted by molar-refractivity contribution is 0.766. The van der Waals surface area contributed by atoms with E-state index in [4.69, 9.17) is 5.73 Å². The molecule has 3 heteroatoms. The molecule has 0 aliphatic rings. The predicted octanol–water partition coefficient (Wildman–Crippen LogP) is 2.67. The van der Waals surface area contributed by atoms with E-state index in [1.54, 1.807) is 0 Å². The molecule has 0 spiro atoms. The van der Waals surface area contributed by atoms with Crippen molar-refractivity contribution in [1.82, 2.24) is 4.57 Å². The molecular weight excluding hydrogens is 192 g/mol. The average molecular weight is 206 g/mol. The van der Waals surface area contributed by atoms with Gasteiger partial charge in [0.25, 0.3) is 0 Å². The number of nitrogens with two attached hydrogens (primary N) is 1. The van der Waals surface area contributed by atoms with Crippen molar-refractivity contribution in [3.8, 4) is 0 Å². The Kier molecular flexibility index (Phi) is 2.42. The number of nitrogen functional groups attached to an aromatic ring is 1. The fourth-order valence-corrected chi connectivity index (χ4v) is 2.11. The first-order chi connectivity index (χ1) is 6.76. The standard InChI is InChI=1S/C11H14N2S/c1-2-13-10(7-14)6-8-5-9(12)3-4-11(8)13/h3-6,14H,2,7,12H2,1H3. The number of aromatic nitrogens is 1. The molecule has 2 nitrogen and oxygen atoms in total. The second-order valence-electron chi connectivity index (χ2n) is 3.36. The van der Waals surface area contributed by atoms with Crippen molar-refractivity contribution in [2.24, 2.45) is 0 Å². The van der Waals surface area contributed by atoms with Crippen molar-refractivity contribution in [2.75, 3.05) is 5.73 Å². The molecule has 0 saturated carbocycles. The second-order valence-corrected chi connectivity index (χ2v) is 3.67. The van der Waals surface area contributed by atoms with E-state index in [0.717, 1.165) is 18.0 Å². The van der Waals surface area contributed by atoms with Crippen LogP contribution in [0.2, 0.25) is 0 Å². The highest BCUT2D eigenvalue weighted by Gasteiger charge is 2.05. The number of anilines is 1. The Morgan fingerprint density at radius 2 is 2.14 bits per heavy atom. The van der Waals surface area contributed by atoms with Crippen LogP contribution in [0.25, 0.3) is 10.9 Å². The van der Waals surface area contributed by atoms with Crippen LogP contribution in [-0.2, 0) is 12.3 Å². The molecule has 0 aliphatic heterocycles. The van der Waals surface area contributed by atoms with Gasteiger partial charge in [0.05, 0.1) is 0 Å². The third kappa shape index (κ3) is 1.38. The first-order valence-electron chi connectivity index (χ1n) is 4.74. The van der Waals surface area contributed by atoms with Gasteiger partial charge in [0, 0.05) is 34.6 Å². The molecule has 0 amide bonds. The van der Waals surface area contributed by atoms with E-state index in [9.17, 15) is 0 Å². The lowest BCUT2D eigenvalue weighted by Crippen LogP contribution is -1.97. The fraction of sp³-hybridized carbons (Fsp3) is 0.273. The van der Waals surface area contributed by atoms with E-state index in [2.05, 4.69) is 36.3 Å². The molecule has 1 aromatic heterocycles. The number of rotatable bonds is 2.